The van der Waals surface area contributed by atoms with E-state index in [1.807, 2.05) is 42.1 Å². The van der Waals surface area contributed by atoms with Crippen molar-refractivity contribution >= 4 is 40.0 Å². The first kappa shape index (κ1) is 23.2. The largest absolute Gasteiger partial charge is 0.466 e. The summed E-state index contributed by atoms with van der Waals surface area (Å²) in [6, 6.07) is 11.5. The molecule has 0 radical (unpaired) electrons. The van der Waals surface area contributed by atoms with E-state index < -0.39 is 29.6 Å². The summed E-state index contributed by atoms with van der Waals surface area (Å²) in [7, 11) is 1.89. The van der Waals surface area contributed by atoms with Gasteiger partial charge in [-0.05, 0) is 50.1 Å². The smallest absolute Gasteiger partial charge is 0.335 e. The van der Waals surface area contributed by atoms with Crippen LogP contribution in [0.25, 0.3) is 16.5 Å². The van der Waals surface area contributed by atoms with Gasteiger partial charge in [-0.15, -0.1) is 0 Å². The molecule has 2 heterocycles. The molecule has 0 aliphatic carbocycles. The normalized spacial score (nSPS) is 15.0. The second-order valence-corrected chi connectivity index (χ2v) is 7.94. The Kier molecular flexibility index (Phi) is 6.49. The molecule has 0 fully saturated rings. The number of rotatable bonds is 7. The van der Waals surface area contributed by atoms with Gasteiger partial charge < -0.3 is 19.4 Å². The van der Waals surface area contributed by atoms with Gasteiger partial charge in [-0.3, -0.25) is 9.59 Å². The van der Waals surface area contributed by atoms with Gasteiger partial charge in [-0.2, -0.15) is 0 Å². The Morgan fingerprint density at radius 1 is 1.09 bits per heavy atom. The summed E-state index contributed by atoms with van der Waals surface area (Å²) in [5.41, 5.74) is 2.10. The van der Waals surface area contributed by atoms with Gasteiger partial charge in [0.2, 0.25) is 0 Å². The number of anilines is 1. The molecule has 1 aliphatic rings. The zero-order chi connectivity index (χ0) is 24.4. The van der Waals surface area contributed by atoms with E-state index in [2.05, 4.69) is 5.32 Å². The Morgan fingerprint density at radius 2 is 1.82 bits per heavy atom. The van der Waals surface area contributed by atoms with Crippen molar-refractivity contribution in [3.05, 3.63) is 71.2 Å². The summed E-state index contributed by atoms with van der Waals surface area (Å²) in [4.78, 5) is 39.4. The quantitative estimate of drug-likeness (QED) is 0.422. The molecule has 34 heavy (non-hydrogen) atoms. The fraction of sp³-hybridized carbons (Fsp3) is 0.269. The van der Waals surface area contributed by atoms with Crippen LogP contribution in [0.1, 0.15) is 25.0 Å². The van der Waals surface area contributed by atoms with Crippen LogP contribution in [0.4, 0.5) is 10.1 Å². The van der Waals surface area contributed by atoms with Crippen LogP contribution in [0.3, 0.4) is 0 Å². The number of fused-ring (bicyclic) bond motifs is 2. The van der Waals surface area contributed by atoms with Gasteiger partial charge >= 0.3 is 11.9 Å². The molecule has 3 aromatic rings. The maximum Gasteiger partial charge on any atom is 0.335 e. The van der Waals surface area contributed by atoms with E-state index in [0.717, 1.165) is 16.5 Å². The highest BCUT2D eigenvalue weighted by Gasteiger charge is 2.39. The van der Waals surface area contributed by atoms with Gasteiger partial charge in [0.05, 0.1) is 30.3 Å². The lowest BCUT2D eigenvalue weighted by atomic mass is 9.86. The SMILES string of the molecule is CCOC(=O)/C(=C1\C(=O)Nc2ccc(F)cc21)C(Cc1cn(C)c2ccccc12)C(=O)OCC. The number of esters is 2. The topological polar surface area (TPSA) is 86.6 Å². The number of hydrogen-bond donors (Lipinski definition) is 1. The third kappa shape index (κ3) is 4.19. The highest BCUT2D eigenvalue weighted by Crippen LogP contribution is 2.38. The number of ether oxygens (including phenoxy) is 2. The van der Waals surface area contributed by atoms with Gasteiger partial charge in [0.25, 0.3) is 5.91 Å². The highest BCUT2D eigenvalue weighted by atomic mass is 19.1. The van der Waals surface area contributed by atoms with Gasteiger partial charge in [0.15, 0.2) is 0 Å². The minimum Gasteiger partial charge on any atom is -0.466 e. The predicted octanol–water partition coefficient (Wildman–Crippen LogP) is 4.01. The fourth-order valence-electron chi connectivity index (χ4n) is 4.39. The molecular weight excluding hydrogens is 439 g/mol. The van der Waals surface area contributed by atoms with E-state index in [9.17, 15) is 18.8 Å². The Hall–Kier alpha value is -3.94. The number of aromatic nitrogens is 1. The monoisotopic (exact) mass is 464 g/mol. The molecule has 1 aromatic heterocycles. The molecule has 1 unspecified atom stereocenters. The van der Waals surface area contributed by atoms with E-state index in [-0.39, 0.29) is 36.3 Å². The number of carbonyl (C=O) groups excluding carboxylic acids is 3. The van der Waals surface area contributed by atoms with Crippen LogP contribution in [0.15, 0.2) is 54.2 Å². The van der Waals surface area contributed by atoms with Crippen LogP contribution in [0.5, 0.6) is 0 Å². The Morgan fingerprint density at radius 3 is 2.56 bits per heavy atom. The van der Waals surface area contributed by atoms with Crippen molar-refractivity contribution in [2.75, 3.05) is 18.5 Å². The molecule has 2 aromatic carbocycles. The summed E-state index contributed by atoms with van der Waals surface area (Å²) in [5.74, 6) is -3.79. The number of carbonyl (C=O) groups is 3. The van der Waals surface area contributed by atoms with Crippen molar-refractivity contribution in [2.24, 2.45) is 13.0 Å². The summed E-state index contributed by atoms with van der Waals surface area (Å²) < 4.78 is 26.6. The van der Waals surface area contributed by atoms with E-state index in [1.165, 1.54) is 18.2 Å². The first-order chi connectivity index (χ1) is 16.3. The van der Waals surface area contributed by atoms with Crippen molar-refractivity contribution in [1.82, 2.24) is 4.57 Å². The molecule has 1 amide bonds. The summed E-state index contributed by atoms with van der Waals surface area (Å²) in [6.07, 6.45) is 1.97. The van der Waals surface area contributed by atoms with Crippen molar-refractivity contribution in [3.63, 3.8) is 0 Å². The molecule has 1 aliphatic heterocycles. The predicted molar refractivity (Wildman–Crippen MR) is 125 cm³/mol. The zero-order valence-electron chi connectivity index (χ0n) is 19.2. The molecule has 1 atom stereocenters. The van der Waals surface area contributed by atoms with Crippen molar-refractivity contribution < 1.29 is 28.2 Å². The van der Waals surface area contributed by atoms with E-state index >= 15 is 0 Å². The lowest BCUT2D eigenvalue weighted by molar-refractivity contribution is -0.150. The van der Waals surface area contributed by atoms with Crippen LogP contribution in [-0.4, -0.2) is 35.6 Å². The Bertz CT molecular complexity index is 1320. The molecule has 0 saturated carbocycles. The molecule has 8 heteroatoms. The minimum absolute atomic E-state index is 0.0387. The molecule has 0 spiro atoms. The van der Waals surface area contributed by atoms with E-state index in [0.29, 0.717) is 5.69 Å². The van der Waals surface area contributed by atoms with Gasteiger partial charge in [-0.1, -0.05) is 18.2 Å². The highest BCUT2D eigenvalue weighted by molar-refractivity contribution is 6.35. The lowest BCUT2D eigenvalue weighted by Crippen LogP contribution is -2.29. The van der Waals surface area contributed by atoms with E-state index in [1.54, 1.807) is 13.8 Å². The summed E-state index contributed by atoms with van der Waals surface area (Å²) in [5, 5.41) is 3.56. The third-order valence-electron chi connectivity index (χ3n) is 5.81. The summed E-state index contributed by atoms with van der Waals surface area (Å²) >= 11 is 0. The number of amides is 1. The zero-order valence-corrected chi connectivity index (χ0v) is 19.2. The Labute approximate surface area is 196 Å². The number of para-hydroxylation sites is 1. The number of hydrogen-bond acceptors (Lipinski definition) is 5. The van der Waals surface area contributed by atoms with Crippen LogP contribution in [0, 0.1) is 11.7 Å². The van der Waals surface area contributed by atoms with Crippen LogP contribution < -0.4 is 5.32 Å². The third-order valence-corrected chi connectivity index (χ3v) is 5.81. The minimum atomic E-state index is -1.14. The standard InChI is InChI=1S/C26H25FN2O5/c1-4-33-25(31)19(12-15-14-29(3)21-9-7-6-8-17(15)21)23(26(32)34-5-2)22-18-13-16(27)10-11-20(18)28-24(22)30/h6-11,13-14,19H,4-5,12H2,1-3H3,(H,28,30)/b23-22-. The first-order valence-corrected chi connectivity index (χ1v) is 11.1. The van der Waals surface area contributed by atoms with Crippen molar-refractivity contribution in [2.45, 2.75) is 20.3 Å². The second-order valence-electron chi connectivity index (χ2n) is 7.94. The van der Waals surface area contributed by atoms with Crippen molar-refractivity contribution in [1.29, 1.82) is 0 Å². The Balaban J connectivity index is 1.93. The molecule has 7 nitrogen and oxygen atoms in total. The number of benzene rings is 2. The number of nitrogens with zero attached hydrogens (tertiary/aromatic N) is 1. The summed E-state index contributed by atoms with van der Waals surface area (Å²) in [6.45, 7) is 3.42. The van der Waals surface area contributed by atoms with Crippen molar-refractivity contribution in [3.8, 4) is 0 Å². The average molecular weight is 464 g/mol. The average Bonchev–Trinajstić information content (AvgIpc) is 3.30. The maximum atomic E-state index is 14.1. The molecule has 1 N–H and O–H groups in total. The number of nitrogens with one attached hydrogen (secondary N) is 1. The second kappa shape index (κ2) is 9.51. The first-order valence-electron chi connectivity index (χ1n) is 11.1. The maximum absolute atomic E-state index is 14.1. The number of aryl methyl sites for hydroxylation is 1. The molecular formula is C26H25FN2O5. The van der Waals surface area contributed by atoms with Crippen LogP contribution >= 0.6 is 0 Å². The van der Waals surface area contributed by atoms with Gasteiger partial charge in [0.1, 0.15) is 5.82 Å². The fourth-order valence-corrected chi connectivity index (χ4v) is 4.39. The molecule has 0 saturated heterocycles. The van der Waals surface area contributed by atoms with E-state index in [4.69, 9.17) is 9.47 Å². The lowest BCUT2D eigenvalue weighted by Gasteiger charge is -2.20. The van der Waals surface area contributed by atoms with Crippen LogP contribution in [0.2, 0.25) is 0 Å². The number of halogens is 1. The van der Waals surface area contributed by atoms with Gasteiger partial charge in [0, 0.05) is 35.4 Å². The molecule has 4 rings (SSSR count). The van der Waals surface area contributed by atoms with Crippen LogP contribution in [-0.2, 0) is 37.3 Å². The molecule has 176 valence electrons. The van der Waals surface area contributed by atoms with Gasteiger partial charge in [-0.25, -0.2) is 9.18 Å². The molecule has 0 bridgehead atoms.